The van der Waals surface area contributed by atoms with E-state index in [1.165, 1.54) is 11.3 Å². The van der Waals surface area contributed by atoms with Gasteiger partial charge in [-0.1, -0.05) is 29.9 Å². The van der Waals surface area contributed by atoms with Crippen LogP contribution < -0.4 is 20.9 Å². The largest absolute Gasteiger partial charge is 0.377 e. The third-order valence-electron chi connectivity index (χ3n) is 6.41. The van der Waals surface area contributed by atoms with Gasteiger partial charge in [-0.25, -0.2) is 9.97 Å². The number of ether oxygens (including phenoxy) is 1. The third kappa shape index (κ3) is 5.54. The molecular weight excluding hydrogens is 478 g/mol. The summed E-state index contributed by atoms with van der Waals surface area (Å²) < 4.78 is 5.71. The highest BCUT2D eigenvalue weighted by Crippen LogP contribution is 2.29. The summed E-state index contributed by atoms with van der Waals surface area (Å²) in [6.07, 6.45) is 2.99. The van der Waals surface area contributed by atoms with Crippen LogP contribution in [-0.2, 0) is 11.2 Å². The van der Waals surface area contributed by atoms with Crippen molar-refractivity contribution < 1.29 is 14.3 Å². The summed E-state index contributed by atoms with van der Waals surface area (Å²) in [6.45, 7) is 6.91. The molecule has 0 aromatic carbocycles. The molecule has 0 radical (unpaired) electrons. The number of aryl methyl sites for hydroxylation is 2. The van der Waals surface area contributed by atoms with Crippen molar-refractivity contribution in [3.8, 4) is 0 Å². The summed E-state index contributed by atoms with van der Waals surface area (Å²) in [7, 11) is 1.64. The number of carbonyl (C=O) groups is 2. The Morgan fingerprint density at radius 1 is 1.21 bits per heavy atom. The van der Waals surface area contributed by atoms with E-state index in [2.05, 4.69) is 35.8 Å². The molecule has 2 aliphatic rings. The molecule has 186 valence electrons. The SMILES string of the molecule is CCc1[nH]c(C(=O)N[C@@H]2CCN(c3nc(C)c(C(=O)NC4CCNCC4)s3)C[C@@H]2OC)nc1Cl. The van der Waals surface area contributed by atoms with Gasteiger partial charge in [0.25, 0.3) is 11.8 Å². The van der Waals surface area contributed by atoms with Gasteiger partial charge in [0.1, 0.15) is 4.88 Å². The van der Waals surface area contributed by atoms with E-state index >= 15 is 0 Å². The second-order valence-electron chi connectivity index (χ2n) is 8.71. The number of imidazole rings is 1. The van der Waals surface area contributed by atoms with Crippen LogP contribution in [0.4, 0.5) is 5.13 Å². The number of anilines is 1. The molecule has 2 aliphatic heterocycles. The Balaban J connectivity index is 1.38. The Bertz CT molecular complexity index is 1020. The molecule has 4 N–H and O–H groups in total. The van der Waals surface area contributed by atoms with Crippen molar-refractivity contribution in [2.75, 3.05) is 38.2 Å². The Kier molecular flexibility index (Phi) is 8.07. The number of amides is 2. The Morgan fingerprint density at radius 3 is 2.65 bits per heavy atom. The van der Waals surface area contributed by atoms with E-state index in [1.54, 1.807) is 7.11 Å². The maximum atomic E-state index is 12.8. The molecule has 4 rings (SSSR count). The van der Waals surface area contributed by atoms with Crippen LogP contribution >= 0.6 is 22.9 Å². The van der Waals surface area contributed by atoms with Gasteiger partial charge < -0.3 is 30.6 Å². The Hall–Kier alpha value is -2.21. The molecule has 12 heteroatoms. The van der Waals surface area contributed by atoms with Crippen LogP contribution in [0.2, 0.25) is 5.15 Å². The topological polar surface area (TPSA) is 124 Å². The summed E-state index contributed by atoms with van der Waals surface area (Å²) in [5.41, 5.74) is 1.47. The molecule has 2 aromatic heterocycles. The number of H-pyrrole nitrogens is 1. The monoisotopic (exact) mass is 509 g/mol. The predicted molar refractivity (Wildman–Crippen MR) is 132 cm³/mol. The smallest absolute Gasteiger partial charge is 0.287 e. The molecule has 4 heterocycles. The van der Waals surface area contributed by atoms with E-state index in [0.29, 0.717) is 36.0 Å². The van der Waals surface area contributed by atoms with Crippen LogP contribution in [-0.4, -0.2) is 78.2 Å². The quantitative estimate of drug-likeness (QED) is 0.449. The summed E-state index contributed by atoms with van der Waals surface area (Å²) in [4.78, 5) is 40.1. The summed E-state index contributed by atoms with van der Waals surface area (Å²) >= 11 is 7.48. The first kappa shape index (κ1) is 24.9. The first-order valence-corrected chi connectivity index (χ1v) is 12.9. The molecule has 0 unspecified atom stereocenters. The highest BCUT2D eigenvalue weighted by molar-refractivity contribution is 7.17. The lowest BCUT2D eigenvalue weighted by Crippen LogP contribution is -2.55. The fraction of sp³-hybridized carbons (Fsp3) is 0.636. The molecule has 0 aliphatic carbocycles. The van der Waals surface area contributed by atoms with Crippen LogP contribution in [0, 0.1) is 6.92 Å². The van der Waals surface area contributed by atoms with Crippen LogP contribution in [0.3, 0.4) is 0 Å². The van der Waals surface area contributed by atoms with Crippen molar-refractivity contribution >= 4 is 39.9 Å². The molecule has 0 bridgehead atoms. The van der Waals surface area contributed by atoms with E-state index in [4.69, 9.17) is 16.3 Å². The van der Waals surface area contributed by atoms with Crippen LogP contribution in [0.1, 0.15) is 57.9 Å². The lowest BCUT2D eigenvalue weighted by molar-refractivity contribution is 0.0538. The number of piperidine rings is 2. The average Bonchev–Trinajstić information content (AvgIpc) is 3.42. The number of rotatable bonds is 7. The number of halogens is 1. The van der Waals surface area contributed by atoms with Gasteiger partial charge in [0, 0.05) is 26.2 Å². The molecule has 2 fully saturated rings. The number of aromatic amines is 1. The molecule has 34 heavy (non-hydrogen) atoms. The summed E-state index contributed by atoms with van der Waals surface area (Å²) in [5.74, 6) is -0.148. The zero-order valence-corrected chi connectivity index (χ0v) is 21.3. The molecule has 0 spiro atoms. The van der Waals surface area contributed by atoms with Crippen molar-refractivity contribution in [1.82, 2.24) is 30.9 Å². The zero-order chi connectivity index (χ0) is 24.2. The highest BCUT2D eigenvalue weighted by atomic mass is 35.5. The van der Waals surface area contributed by atoms with Crippen molar-refractivity contribution in [2.24, 2.45) is 0 Å². The van der Waals surface area contributed by atoms with Gasteiger partial charge in [-0.2, -0.15) is 0 Å². The van der Waals surface area contributed by atoms with E-state index in [9.17, 15) is 9.59 Å². The molecule has 10 nitrogen and oxygen atoms in total. The zero-order valence-electron chi connectivity index (χ0n) is 19.7. The standard InChI is InChI=1S/C22H32ClN7O3S/c1-4-14-18(23)29-19(27-14)21(32)28-15-7-10-30(11-16(15)33-3)22-25-12(2)17(34-22)20(31)26-13-5-8-24-9-6-13/h13,15-16,24H,4-11H2,1-3H3,(H,26,31)(H,27,29)(H,28,32)/t15-,16+/m1/s1. The van der Waals surface area contributed by atoms with Gasteiger partial charge in [-0.3, -0.25) is 9.59 Å². The number of carbonyl (C=O) groups excluding carboxylic acids is 2. The highest BCUT2D eigenvalue weighted by Gasteiger charge is 2.33. The number of hydrogen-bond acceptors (Lipinski definition) is 8. The Morgan fingerprint density at radius 2 is 1.97 bits per heavy atom. The number of hydrogen-bond donors (Lipinski definition) is 4. The fourth-order valence-electron chi connectivity index (χ4n) is 4.41. The number of nitrogens with zero attached hydrogens (tertiary/aromatic N) is 3. The first-order valence-electron chi connectivity index (χ1n) is 11.7. The van der Waals surface area contributed by atoms with Gasteiger partial charge in [-0.05, 0) is 45.7 Å². The minimum atomic E-state index is -0.302. The first-order chi connectivity index (χ1) is 16.4. The lowest BCUT2D eigenvalue weighted by atomic mass is 10.0. The van der Waals surface area contributed by atoms with E-state index in [1.807, 2.05) is 13.8 Å². The van der Waals surface area contributed by atoms with Crippen LogP contribution in [0.15, 0.2) is 0 Å². The minimum absolute atomic E-state index is 0.0536. The number of thiazole rings is 1. The minimum Gasteiger partial charge on any atom is -0.377 e. The van der Waals surface area contributed by atoms with Crippen molar-refractivity contribution in [3.05, 3.63) is 27.2 Å². The molecule has 0 saturated carbocycles. The maximum Gasteiger partial charge on any atom is 0.287 e. The van der Waals surface area contributed by atoms with E-state index < -0.39 is 0 Å². The van der Waals surface area contributed by atoms with Gasteiger partial charge in [0.05, 0.1) is 23.5 Å². The fourth-order valence-corrected chi connectivity index (χ4v) is 5.68. The molecular formula is C22H32ClN7O3S. The number of aromatic nitrogens is 3. The molecule has 2 amide bonds. The van der Waals surface area contributed by atoms with Gasteiger partial charge in [0.15, 0.2) is 16.1 Å². The molecule has 2 aromatic rings. The van der Waals surface area contributed by atoms with Crippen molar-refractivity contribution in [1.29, 1.82) is 0 Å². The van der Waals surface area contributed by atoms with Gasteiger partial charge >= 0.3 is 0 Å². The second-order valence-corrected chi connectivity index (χ2v) is 10.0. The van der Waals surface area contributed by atoms with Crippen LogP contribution in [0.5, 0.6) is 0 Å². The number of methoxy groups -OCH3 is 1. The molecule has 2 atom stereocenters. The normalized spacial score (nSPS) is 21.5. The third-order valence-corrected chi connectivity index (χ3v) is 7.94. The number of nitrogens with one attached hydrogen (secondary N) is 4. The summed E-state index contributed by atoms with van der Waals surface area (Å²) in [6, 6.07) is 0.0276. The van der Waals surface area contributed by atoms with Crippen molar-refractivity contribution in [2.45, 2.75) is 57.7 Å². The maximum absolute atomic E-state index is 12.8. The Labute approximate surface area is 208 Å². The van der Waals surface area contributed by atoms with Gasteiger partial charge in [0.2, 0.25) is 0 Å². The van der Waals surface area contributed by atoms with E-state index in [-0.39, 0.29) is 35.8 Å². The predicted octanol–water partition coefficient (Wildman–Crippen LogP) is 1.90. The second kappa shape index (κ2) is 11.0. The van der Waals surface area contributed by atoms with Crippen molar-refractivity contribution in [3.63, 3.8) is 0 Å². The van der Waals surface area contributed by atoms with Gasteiger partial charge in [-0.15, -0.1) is 0 Å². The average molecular weight is 510 g/mol. The lowest BCUT2D eigenvalue weighted by Gasteiger charge is -2.37. The van der Waals surface area contributed by atoms with E-state index in [0.717, 1.165) is 42.5 Å². The summed E-state index contributed by atoms with van der Waals surface area (Å²) in [5, 5.41) is 10.6. The molecule has 2 saturated heterocycles. The van der Waals surface area contributed by atoms with Crippen LogP contribution in [0.25, 0.3) is 0 Å².